The van der Waals surface area contributed by atoms with E-state index >= 15 is 0 Å². The largest absolute Gasteiger partial charge is 0.359 e. The lowest BCUT2D eigenvalue weighted by molar-refractivity contribution is -0.782. The fourth-order valence-electron chi connectivity index (χ4n) is 2.17. The zero-order valence-corrected chi connectivity index (χ0v) is 11.9. The number of hydrogen-bond donors (Lipinski definition) is 0. The van der Waals surface area contributed by atoms with Gasteiger partial charge in [-0.1, -0.05) is 0 Å². The third-order valence-corrected chi connectivity index (χ3v) is 5.08. The first kappa shape index (κ1) is 13.5. The summed E-state index contributed by atoms with van der Waals surface area (Å²) in [5.41, 5.74) is 0.420. The topological polar surface area (TPSA) is 140 Å². The molecule has 0 N–H and O–H groups in total. The summed E-state index contributed by atoms with van der Waals surface area (Å²) in [6, 6.07) is 7.60. The number of sulfone groups is 1. The molecule has 11 heteroatoms. The summed E-state index contributed by atoms with van der Waals surface area (Å²) in [4.78, 5) is -0.0381. The van der Waals surface area contributed by atoms with Gasteiger partial charge in [0, 0.05) is 22.4 Å². The van der Waals surface area contributed by atoms with Crippen molar-refractivity contribution in [3.8, 4) is 0 Å². The molecule has 0 bridgehead atoms. The summed E-state index contributed by atoms with van der Waals surface area (Å²) in [5, 5.41) is 29.8. The van der Waals surface area contributed by atoms with Gasteiger partial charge in [0.15, 0.2) is 0 Å². The van der Waals surface area contributed by atoms with Crippen LogP contribution in [0.4, 0.5) is 0 Å². The Balaban J connectivity index is 1.92. The van der Waals surface area contributed by atoms with E-state index in [1.54, 1.807) is 0 Å². The van der Waals surface area contributed by atoms with Gasteiger partial charge in [0.2, 0.25) is 31.9 Å². The molecule has 0 saturated carbocycles. The van der Waals surface area contributed by atoms with Gasteiger partial charge in [-0.3, -0.25) is 9.26 Å². The molecule has 0 unspecified atom stereocenters. The van der Waals surface area contributed by atoms with Crippen LogP contribution in [0.5, 0.6) is 0 Å². The average Bonchev–Trinajstić information content (AvgIpc) is 3.11. The summed E-state index contributed by atoms with van der Waals surface area (Å²) in [7, 11) is -3.95. The van der Waals surface area contributed by atoms with E-state index in [4.69, 9.17) is 0 Å². The lowest BCUT2D eigenvalue weighted by Gasteiger charge is -2.03. The molecule has 0 atom stereocenters. The third-order valence-electron chi connectivity index (χ3n) is 3.33. The standard InChI is InChI=1S/C12H6N4O6S/c17-15-11-5-7(1-3-9(11)13-21-15)23(19,20)8-2-4-10-12(6-8)16(18)22-14-10/h1-6H. The number of fused-ring (bicyclic) bond motifs is 2. The SMILES string of the molecule is O=S(=O)(c1ccc2no[n+]([O-])c2c1)c1ccc2no[n+]([O-])c2c1. The Bertz CT molecular complexity index is 1080. The maximum Gasteiger partial charge on any atom is 0.248 e. The summed E-state index contributed by atoms with van der Waals surface area (Å²) < 4.78 is 34.1. The van der Waals surface area contributed by atoms with Crippen LogP contribution in [0.25, 0.3) is 22.1 Å². The average molecular weight is 334 g/mol. The fourth-order valence-corrected chi connectivity index (χ4v) is 3.47. The van der Waals surface area contributed by atoms with Gasteiger partial charge < -0.3 is 10.4 Å². The third kappa shape index (κ3) is 1.90. The molecule has 4 aromatic rings. The monoisotopic (exact) mass is 334 g/mol. The van der Waals surface area contributed by atoms with E-state index in [1.165, 1.54) is 24.3 Å². The Hall–Kier alpha value is -3.21. The van der Waals surface area contributed by atoms with Gasteiger partial charge in [-0.25, -0.2) is 8.42 Å². The van der Waals surface area contributed by atoms with Gasteiger partial charge in [-0.15, -0.1) is 0 Å². The minimum Gasteiger partial charge on any atom is -0.359 e. The van der Waals surface area contributed by atoms with Crippen LogP contribution in [0, 0.1) is 10.4 Å². The molecule has 0 aliphatic carbocycles. The van der Waals surface area contributed by atoms with Crippen molar-refractivity contribution in [2.45, 2.75) is 9.79 Å². The number of nitrogens with zero attached hydrogens (tertiary/aromatic N) is 4. The Kier molecular flexibility index (Phi) is 2.57. The second kappa shape index (κ2) is 4.39. The van der Waals surface area contributed by atoms with E-state index in [9.17, 15) is 18.8 Å². The van der Waals surface area contributed by atoms with E-state index in [0.29, 0.717) is 0 Å². The molecule has 0 saturated heterocycles. The van der Waals surface area contributed by atoms with Crippen LogP contribution < -0.4 is 9.81 Å². The number of benzene rings is 2. The van der Waals surface area contributed by atoms with Gasteiger partial charge in [0.05, 0.1) is 9.79 Å². The highest BCUT2D eigenvalue weighted by atomic mass is 32.2. The van der Waals surface area contributed by atoms with E-state index in [2.05, 4.69) is 19.6 Å². The van der Waals surface area contributed by atoms with Crippen LogP contribution in [0.15, 0.2) is 55.4 Å². The van der Waals surface area contributed by atoms with E-state index in [1.807, 2.05) is 0 Å². The quantitative estimate of drug-likeness (QED) is 0.469. The molecule has 0 fully saturated rings. The summed E-state index contributed by atoms with van der Waals surface area (Å²) in [5.74, 6) is 0. The maximum absolute atomic E-state index is 12.7. The van der Waals surface area contributed by atoms with Crippen LogP contribution in [0.1, 0.15) is 0 Å². The van der Waals surface area contributed by atoms with E-state index < -0.39 is 9.84 Å². The van der Waals surface area contributed by atoms with Crippen molar-refractivity contribution in [2.24, 2.45) is 0 Å². The molecule has 2 heterocycles. The smallest absolute Gasteiger partial charge is 0.248 e. The maximum atomic E-state index is 12.7. The van der Waals surface area contributed by atoms with Crippen LogP contribution in [0.2, 0.25) is 0 Å². The highest BCUT2D eigenvalue weighted by molar-refractivity contribution is 7.91. The second-order valence-corrected chi connectivity index (χ2v) is 6.61. The van der Waals surface area contributed by atoms with Crippen LogP contribution in [-0.2, 0) is 9.84 Å². The first-order valence-corrected chi connectivity index (χ1v) is 7.69. The Morgan fingerprint density at radius 1 is 0.826 bits per heavy atom. The molecule has 116 valence electrons. The fraction of sp³-hybridized carbons (Fsp3) is 0. The van der Waals surface area contributed by atoms with Crippen molar-refractivity contribution in [3.05, 3.63) is 46.8 Å². The van der Waals surface area contributed by atoms with Crippen molar-refractivity contribution in [2.75, 3.05) is 0 Å². The van der Waals surface area contributed by atoms with Crippen LogP contribution in [-0.4, -0.2) is 18.7 Å². The number of rotatable bonds is 2. The van der Waals surface area contributed by atoms with Crippen molar-refractivity contribution in [1.82, 2.24) is 10.3 Å². The normalized spacial score (nSPS) is 12.2. The summed E-state index contributed by atoms with van der Waals surface area (Å²) in [6.07, 6.45) is 0. The molecular formula is C12H6N4O6S. The molecule has 0 radical (unpaired) electrons. The highest BCUT2D eigenvalue weighted by Gasteiger charge is 2.23. The van der Waals surface area contributed by atoms with Crippen molar-refractivity contribution in [3.63, 3.8) is 0 Å². The van der Waals surface area contributed by atoms with Crippen LogP contribution in [0.3, 0.4) is 0 Å². The minimum absolute atomic E-state index is 0.0176. The zero-order valence-electron chi connectivity index (χ0n) is 11.1. The zero-order chi connectivity index (χ0) is 16.2. The molecule has 2 aromatic heterocycles. The van der Waals surface area contributed by atoms with Gasteiger partial charge in [0.1, 0.15) is 0 Å². The van der Waals surface area contributed by atoms with Crippen molar-refractivity contribution in [1.29, 1.82) is 0 Å². The number of aromatic nitrogens is 4. The van der Waals surface area contributed by atoms with Crippen molar-refractivity contribution >= 4 is 31.9 Å². The highest BCUT2D eigenvalue weighted by Crippen LogP contribution is 2.24. The van der Waals surface area contributed by atoms with Gasteiger partial charge >= 0.3 is 0 Å². The molecule has 0 spiro atoms. The predicted octanol–water partition coefficient (Wildman–Crippen LogP) is 0.0686. The van der Waals surface area contributed by atoms with Crippen molar-refractivity contribution < 1.29 is 27.5 Å². The molecule has 0 aliphatic heterocycles. The Labute approximate surface area is 127 Å². The van der Waals surface area contributed by atoms with E-state index in [-0.39, 0.29) is 41.7 Å². The summed E-state index contributed by atoms with van der Waals surface area (Å²) >= 11 is 0. The lowest BCUT2D eigenvalue weighted by atomic mass is 10.3. The predicted molar refractivity (Wildman–Crippen MR) is 71.4 cm³/mol. The Morgan fingerprint density at radius 3 is 1.70 bits per heavy atom. The van der Waals surface area contributed by atoms with Gasteiger partial charge in [-0.05, 0) is 34.1 Å². The second-order valence-electron chi connectivity index (χ2n) is 4.66. The van der Waals surface area contributed by atoms with Crippen LogP contribution >= 0.6 is 0 Å². The molecule has 2 aromatic carbocycles. The first-order chi connectivity index (χ1) is 11.0. The molecular weight excluding hydrogens is 328 g/mol. The molecule has 0 amide bonds. The van der Waals surface area contributed by atoms with Gasteiger partial charge in [0.25, 0.3) is 0 Å². The van der Waals surface area contributed by atoms with Gasteiger partial charge in [-0.2, -0.15) is 0 Å². The first-order valence-electron chi connectivity index (χ1n) is 6.21. The molecule has 23 heavy (non-hydrogen) atoms. The molecule has 0 aliphatic rings. The lowest BCUT2D eigenvalue weighted by Crippen LogP contribution is -2.23. The molecule has 10 nitrogen and oxygen atoms in total. The number of hydrogen-bond acceptors (Lipinski definition) is 8. The minimum atomic E-state index is -3.95. The molecule has 4 rings (SSSR count). The summed E-state index contributed by atoms with van der Waals surface area (Å²) in [6.45, 7) is 0. The Morgan fingerprint density at radius 2 is 1.26 bits per heavy atom. The van der Waals surface area contributed by atoms with E-state index in [0.717, 1.165) is 12.1 Å².